The number of ether oxygens (including phenoxy) is 1. The Morgan fingerprint density at radius 1 is 0.951 bits per heavy atom. The molecule has 1 N–H and O–H groups in total. The van der Waals surface area contributed by atoms with Gasteiger partial charge in [-0.3, -0.25) is 13.9 Å². The molecule has 0 aliphatic heterocycles. The molecule has 0 saturated carbocycles. The smallest absolute Gasteiger partial charge is 0.264 e. The number of hydrogen-bond acceptors (Lipinski definition) is 5. The zero-order valence-electron chi connectivity index (χ0n) is 24.0. The van der Waals surface area contributed by atoms with Crippen molar-refractivity contribution in [2.75, 3.05) is 24.5 Å². The predicted molar refractivity (Wildman–Crippen MR) is 158 cm³/mol. The normalized spacial score (nSPS) is 11.9. The molecule has 0 aromatic heterocycles. The number of nitrogens with one attached hydrogen (secondary N) is 1. The van der Waals surface area contributed by atoms with Crippen LogP contribution in [0.3, 0.4) is 0 Å². The summed E-state index contributed by atoms with van der Waals surface area (Å²) in [6, 6.07) is 17.5. The number of hydrogen-bond donors (Lipinski definition) is 1. The Labute approximate surface area is 242 Å². The second kappa shape index (κ2) is 14.6. The lowest BCUT2D eigenvalue weighted by Crippen LogP contribution is -2.52. The minimum absolute atomic E-state index is 0.00311. The Morgan fingerprint density at radius 2 is 1.59 bits per heavy atom. The van der Waals surface area contributed by atoms with Crippen molar-refractivity contribution in [3.8, 4) is 5.75 Å². The van der Waals surface area contributed by atoms with Crippen LogP contribution in [0.1, 0.15) is 44.2 Å². The lowest BCUT2D eigenvalue weighted by molar-refractivity contribution is -0.140. The van der Waals surface area contributed by atoms with Gasteiger partial charge in [0.05, 0.1) is 17.7 Å². The molecule has 3 aromatic carbocycles. The van der Waals surface area contributed by atoms with Gasteiger partial charge >= 0.3 is 0 Å². The molecule has 0 spiro atoms. The van der Waals surface area contributed by atoms with Crippen molar-refractivity contribution in [1.29, 1.82) is 0 Å². The minimum atomic E-state index is -4.19. The van der Waals surface area contributed by atoms with Crippen LogP contribution >= 0.6 is 0 Å². The minimum Gasteiger partial charge on any atom is -0.497 e. The van der Waals surface area contributed by atoms with Crippen molar-refractivity contribution in [3.63, 3.8) is 0 Å². The second-order valence-corrected chi connectivity index (χ2v) is 11.6. The number of sulfonamides is 1. The topological polar surface area (TPSA) is 96.0 Å². The van der Waals surface area contributed by atoms with Crippen molar-refractivity contribution < 1.29 is 27.1 Å². The number of unbranched alkanes of at least 4 members (excludes halogenated alkanes) is 1. The Bertz CT molecular complexity index is 1400. The molecule has 1 unspecified atom stereocenters. The first kappa shape index (κ1) is 31.6. The molecule has 41 heavy (non-hydrogen) atoms. The molecular formula is C31H38FN3O5S. The standard InChI is InChI=1S/C31H38FN3O5S/c1-5-7-20-33-31(37)29(6-2)34(21-24-10-12-25(32)13-11-24)30(36)22-35(26-14-8-23(3)9-15-26)41(38,39)28-18-16-27(40-4)17-19-28/h8-19,29H,5-7,20-22H2,1-4H3,(H,33,37). The van der Waals surface area contributed by atoms with Crippen molar-refractivity contribution in [1.82, 2.24) is 10.2 Å². The number of aryl methyl sites for hydroxylation is 1. The van der Waals surface area contributed by atoms with E-state index in [1.165, 1.54) is 48.4 Å². The summed E-state index contributed by atoms with van der Waals surface area (Å²) in [5.74, 6) is -0.819. The Balaban J connectivity index is 2.02. The Morgan fingerprint density at radius 3 is 2.15 bits per heavy atom. The third kappa shape index (κ3) is 8.29. The van der Waals surface area contributed by atoms with Gasteiger partial charge in [-0.1, -0.05) is 50.1 Å². The molecule has 220 valence electrons. The van der Waals surface area contributed by atoms with Crippen LogP contribution in [0.2, 0.25) is 0 Å². The van der Waals surface area contributed by atoms with Crippen molar-refractivity contribution in [2.45, 2.75) is 57.5 Å². The first-order valence-corrected chi connectivity index (χ1v) is 15.1. The number of carbonyl (C=O) groups is 2. The first-order chi connectivity index (χ1) is 19.6. The third-order valence-corrected chi connectivity index (χ3v) is 8.52. The second-order valence-electron chi connectivity index (χ2n) is 9.74. The Kier molecular flexibility index (Phi) is 11.3. The number of methoxy groups -OCH3 is 1. The van der Waals surface area contributed by atoms with E-state index in [-0.39, 0.29) is 17.3 Å². The summed E-state index contributed by atoms with van der Waals surface area (Å²) in [7, 11) is -2.70. The number of benzene rings is 3. The SMILES string of the molecule is CCCCNC(=O)C(CC)N(Cc1ccc(F)cc1)C(=O)CN(c1ccc(C)cc1)S(=O)(=O)c1ccc(OC)cc1. The van der Waals surface area contributed by atoms with Gasteiger partial charge in [-0.2, -0.15) is 0 Å². The molecule has 2 amide bonds. The van der Waals surface area contributed by atoms with Gasteiger partial charge in [-0.25, -0.2) is 12.8 Å². The zero-order valence-corrected chi connectivity index (χ0v) is 24.8. The van der Waals surface area contributed by atoms with E-state index in [4.69, 9.17) is 4.74 Å². The fourth-order valence-corrected chi connectivity index (χ4v) is 5.74. The van der Waals surface area contributed by atoms with E-state index >= 15 is 0 Å². The van der Waals surface area contributed by atoms with E-state index in [1.807, 2.05) is 13.8 Å². The predicted octanol–water partition coefficient (Wildman–Crippen LogP) is 5.06. The van der Waals surface area contributed by atoms with E-state index < -0.39 is 34.3 Å². The number of rotatable bonds is 14. The van der Waals surface area contributed by atoms with E-state index in [0.29, 0.717) is 30.0 Å². The molecule has 0 aliphatic carbocycles. The highest BCUT2D eigenvalue weighted by Crippen LogP contribution is 2.26. The lowest BCUT2D eigenvalue weighted by atomic mass is 10.1. The molecule has 3 rings (SSSR count). The van der Waals surface area contributed by atoms with Crippen molar-refractivity contribution in [3.05, 3.63) is 89.7 Å². The highest BCUT2D eigenvalue weighted by Gasteiger charge is 2.33. The molecule has 8 nitrogen and oxygen atoms in total. The molecule has 0 radical (unpaired) electrons. The summed E-state index contributed by atoms with van der Waals surface area (Å²) in [6.07, 6.45) is 1.99. The number of anilines is 1. The summed E-state index contributed by atoms with van der Waals surface area (Å²) < 4.78 is 47.7. The summed E-state index contributed by atoms with van der Waals surface area (Å²) in [5.41, 5.74) is 1.84. The number of nitrogens with zero attached hydrogens (tertiary/aromatic N) is 2. The maximum atomic E-state index is 14.0. The van der Waals surface area contributed by atoms with E-state index in [9.17, 15) is 22.4 Å². The van der Waals surface area contributed by atoms with Crippen LogP contribution in [-0.2, 0) is 26.2 Å². The molecule has 0 aliphatic rings. The van der Waals surface area contributed by atoms with E-state index in [1.54, 1.807) is 43.3 Å². The lowest BCUT2D eigenvalue weighted by Gasteiger charge is -2.33. The van der Waals surface area contributed by atoms with Crippen LogP contribution in [0.25, 0.3) is 0 Å². The first-order valence-electron chi connectivity index (χ1n) is 13.7. The van der Waals surface area contributed by atoms with Crippen LogP contribution in [0.5, 0.6) is 5.75 Å². The molecule has 3 aromatic rings. The van der Waals surface area contributed by atoms with Crippen LogP contribution < -0.4 is 14.4 Å². The molecule has 10 heteroatoms. The molecular weight excluding hydrogens is 545 g/mol. The highest BCUT2D eigenvalue weighted by molar-refractivity contribution is 7.92. The van der Waals surface area contributed by atoms with Gasteiger partial charge in [0.25, 0.3) is 10.0 Å². The number of halogens is 1. The van der Waals surface area contributed by atoms with Gasteiger partial charge in [0, 0.05) is 13.1 Å². The molecule has 0 heterocycles. The van der Waals surface area contributed by atoms with Gasteiger partial charge in [0.2, 0.25) is 11.8 Å². The highest BCUT2D eigenvalue weighted by atomic mass is 32.2. The van der Waals surface area contributed by atoms with E-state index in [0.717, 1.165) is 22.7 Å². The van der Waals surface area contributed by atoms with Crippen LogP contribution in [0.15, 0.2) is 77.7 Å². The molecule has 1 atom stereocenters. The third-order valence-electron chi connectivity index (χ3n) is 6.73. The molecule has 0 saturated heterocycles. The molecule has 0 bridgehead atoms. The molecule has 0 fully saturated rings. The maximum absolute atomic E-state index is 14.0. The summed E-state index contributed by atoms with van der Waals surface area (Å²) in [5, 5.41) is 2.89. The van der Waals surface area contributed by atoms with Gasteiger partial charge < -0.3 is 15.0 Å². The van der Waals surface area contributed by atoms with Crippen LogP contribution in [0.4, 0.5) is 10.1 Å². The zero-order chi connectivity index (χ0) is 30.0. The van der Waals surface area contributed by atoms with Crippen molar-refractivity contribution >= 4 is 27.5 Å². The van der Waals surface area contributed by atoms with Gasteiger partial charge in [0.1, 0.15) is 24.2 Å². The largest absolute Gasteiger partial charge is 0.497 e. The van der Waals surface area contributed by atoms with Crippen LogP contribution in [0, 0.1) is 12.7 Å². The Hall–Kier alpha value is -3.92. The number of carbonyl (C=O) groups excluding carboxylic acids is 2. The average Bonchev–Trinajstić information content (AvgIpc) is 2.97. The van der Waals surface area contributed by atoms with Crippen molar-refractivity contribution in [2.24, 2.45) is 0 Å². The summed E-state index contributed by atoms with van der Waals surface area (Å²) >= 11 is 0. The maximum Gasteiger partial charge on any atom is 0.264 e. The van der Waals surface area contributed by atoms with Crippen LogP contribution in [-0.4, -0.2) is 51.4 Å². The van der Waals surface area contributed by atoms with Gasteiger partial charge in [0.15, 0.2) is 0 Å². The summed E-state index contributed by atoms with van der Waals surface area (Å²) in [6.45, 7) is 5.61. The fraction of sp³-hybridized carbons (Fsp3) is 0.355. The van der Waals surface area contributed by atoms with Gasteiger partial charge in [-0.15, -0.1) is 0 Å². The number of amides is 2. The van der Waals surface area contributed by atoms with Gasteiger partial charge in [-0.05, 0) is 73.9 Å². The monoisotopic (exact) mass is 583 g/mol. The fourth-order valence-electron chi connectivity index (χ4n) is 4.33. The summed E-state index contributed by atoms with van der Waals surface area (Å²) in [4.78, 5) is 28.6. The quantitative estimate of drug-likeness (QED) is 0.268. The van der Waals surface area contributed by atoms with E-state index in [2.05, 4.69) is 5.32 Å². The average molecular weight is 584 g/mol.